The molecule has 1 N–H and O–H groups in total. The molecule has 0 unspecified atom stereocenters. The molecule has 0 aromatic heterocycles. The Morgan fingerprint density at radius 2 is 1.64 bits per heavy atom. The van der Waals surface area contributed by atoms with Gasteiger partial charge in [-0.05, 0) is 63.8 Å². The molecule has 0 spiro atoms. The zero-order valence-electron chi connectivity index (χ0n) is 15.4. The Labute approximate surface area is 156 Å². The normalized spacial score (nSPS) is 25.2. The molecule has 25 heavy (non-hydrogen) atoms. The van der Waals surface area contributed by atoms with Crippen LogP contribution >= 0.6 is 11.6 Å². The van der Waals surface area contributed by atoms with Crippen LogP contribution in [0.1, 0.15) is 39.5 Å². The molecular formula is C20H30ClN3O. The third-order valence-electron chi connectivity index (χ3n) is 5.65. The molecule has 1 heterocycles. The van der Waals surface area contributed by atoms with E-state index in [1.165, 1.54) is 0 Å². The molecular weight excluding hydrogens is 334 g/mol. The summed E-state index contributed by atoms with van der Waals surface area (Å²) in [5.41, 5.74) is 1.11. The lowest BCUT2D eigenvalue weighted by atomic mass is 9.85. The van der Waals surface area contributed by atoms with Crippen LogP contribution in [0.25, 0.3) is 0 Å². The van der Waals surface area contributed by atoms with Crippen molar-refractivity contribution in [2.75, 3.05) is 31.5 Å². The first-order chi connectivity index (χ1) is 12.0. The second kappa shape index (κ2) is 8.41. The molecule has 4 nitrogen and oxygen atoms in total. The number of rotatable bonds is 4. The SMILES string of the molecule is CC(C)N1CCN(C(=O)[C@H]2CC[C@H](Nc3ccc(Cl)cc3)CC2)CC1. The summed E-state index contributed by atoms with van der Waals surface area (Å²) in [5, 5.41) is 4.34. The van der Waals surface area contributed by atoms with Crippen LogP contribution in [0.2, 0.25) is 5.02 Å². The predicted molar refractivity (Wildman–Crippen MR) is 104 cm³/mol. The molecule has 1 aromatic carbocycles. The highest BCUT2D eigenvalue weighted by Crippen LogP contribution is 2.29. The zero-order valence-corrected chi connectivity index (χ0v) is 16.1. The molecule has 0 bridgehead atoms. The van der Waals surface area contributed by atoms with Crippen molar-refractivity contribution in [1.29, 1.82) is 0 Å². The third kappa shape index (κ3) is 4.89. The number of piperazine rings is 1. The van der Waals surface area contributed by atoms with Gasteiger partial charge in [0.2, 0.25) is 5.91 Å². The first-order valence-corrected chi connectivity index (χ1v) is 9.95. The van der Waals surface area contributed by atoms with Crippen molar-refractivity contribution in [2.24, 2.45) is 5.92 Å². The van der Waals surface area contributed by atoms with E-state index < -0.39 is 0 Å². The van der Waals surface area contributed by atoms with E-state index in [2.05, 4.69) is 29.0 Å². The monoisotopic (exact) mass is 363 g/mol. The van der Waals surface area contributed by atoms with Crippen molar-refractivity contribution in [3.63, 3.8) is 0 Å². The van der Waals surface area contributed by atoms with Crippen LogP contribution in [0.3, 0.4) is 0 Å². The lowest BCUT2D eigenvalue weighted by molar-refractivity contribution is -0.138. The summed E-state index contributed by atoms with van der Waals surface area (Å²) in [6.07, 6.45) is 4.11. The van der Waals surface area contributed by atoms with Crippen LogP contribution in [0.5, 0.6) is 0 Å². The fourth-order valence-electron chi connectivity index (χ4n) is 3.98. The van der Waals surface area contributed by atoms with E-state index in [0.29, 0.717) is 18.0 Å². The van der Waals surface area contributed by atoms with Gasteiger partial charge < -0.3 is 10.2 Å². The number of amides is 1. The Morgan fingerprint density at radius 1 is 1.04 bits per heavy atom. The summed E-state index contributed by atoms with van der Waals surface area (Å²) in [5.74, 6) is 0.599. The Bertz CT molecular complexity index is 559. The van der Waals surface area contributed by atoms with Gasteiger partial charge in [-0.3, -0.25) is 9.69 Å². The van der Waals surface area contributed by atoms with Gasteiger partial charge in [-0.1, -0.05) is 11.6 Å². The minimum absolute atomic E-state index is 0.217. The maximum atomic E-state index is 12.8. The van der Waals surface area contributed by atoms with Gasteiger partial charge in [-0.2, -0.15) is 0 Å². The lowest BCUT2D eigenvalue weighted by Gasteiger charge is -2.39. The maximum absolute atomic E-state index is 12.8. The van der Waals surface area contributed by atoms with E-state index in [9.17, 15) is 4.79 Å². The first kappa shape index (κ1) is 18.5. The molecule has 1 saturated heterocycles. The quantitative estimate of drug-likeness (QED) is 0.882. The largest absolute Gasteiger partial charge is 0.382 e. The highest BCUT2D eigenvalue weighted by atomic mass is 35.5. The van der Waals surface area contributed by atoms with E-state index in [1.807, 2.05) is 24.3 Å². The van der Waals surface area contributed by atoms with Crippen LogP contribution in [-0.2, 0) is 4.79 Å². The number of nitrogens with zero attached hydrogens (tertiary/aromatic N) is 2. The molecule has 0 radical (unpaired) electrons. The first-order valence-electron chi connectivity index (χ1n) is 9.58. The van der Waals surface area contributed by atoms with Gasteiger partial charge in [-0.15, -0.1) is 0 Å². The highest BCUT2D eigenvalue weighted by molar-refractivity contribution is 6.30. The number of carbonyl (C=O) groups excluding carboxylic acids is 1. The number of anilines is 1. The summed E-state index contributed by atoms with van der Waals surface area (Å²) < 4.78 is 0. The van der Waals surface area contributed by atoms with Crippen LogP contribution in [-0.4, -0.2) is 54.0 Å². The van der Waals surface area contributed by atoms with Crippen molar-refractivity contribution in [2.45, 2.75) is 51.6 Å². The molecule has 5 heteroatoms. The number of nitrogens with one attached hydrogen (secondary N) is 1. The molecule has 1 saturated carbocycles. The van der Waals surface area contributed by atoms with E-state index in [-0.39, 0.29) is 5.92 Å². The van der Waals surface area contributed by atoms with Gasteiger partial charge in [0.05, 0.1) is 0 Å². The molecule has 2 aliphatic rings. The van der Waals surface area contributed by atoms with Gasteiger partial charge >= 0.3 is 0 Å². The van der Waals surface area contributed by atoms with Crippen molar-refractivity contribution in [3.8, 4) is 0 Å². The van der Waals surface area contributed by atoms with Crippen LogP contribution < -0.4 is 5.32 Å². The van der Waals surface area contributed by atoms with Gasteiger partial charge in [-0.25, -0.2) is 0 Å². The summed E-state index contributed by atoms with van der Waals surface area (Å²) >= 11 is 5.94. The molecule has 1 aliphatic heterocycles. The minimum atomic E-state index is 0.217. The van der Waals surface area contributed by atoms with Gasteiger partial charge in [0.25, 0.3) is 0 Å². The van der Waals surface area contributed by atoms with E-state index in [0.717, 1.165) is 62.6 Å². The van der Waals surface area contributed by atoms with Gasteiger partial charge in [0, 0.05) is 54.9 Å². The van der Waals surface area contributed by atoms with Gasteiger partial charge in [0.1, 0.15) is 0 Å². The molecule has 1 amide bonds. The second-order valence-electron chi connectivity index (χ2n) is 7.65. The number of carbonyl (C=O) groups is 1. The Morgan fingerprint density at radius 3 is 2.20 bits per heavy atom. The summed E-state index contributed by atoms with van der Waals surface area (Å²) in [6, 6.07) is 8.91. The molecule has 2 fully saturated rings. The Kier molecular flexibility index (Phi) is 6.24. The topological polar surface area (TPSA) is 35.6 Å². The fourth-order valence-corrected chi connectivity index (χ4v) is 4.11. The zero-order chi connectivity index (χ0) is 17.8. The van der Waals surface area contributed by atoms with E-state index in [1.54, 1.807) is 0 Å². The Balaban J connectivity index is 1.44. The number of hydrogen-bond donors (Lipinski definition) is 1. The summed E-state index contributed by atoms with van der Waals surface area (Å²) in [7, 11) is 0. The van der Waals surface area contributed by atoms with Crippen LogP contribution in [0.4, 0.5) is 5.69 Å². The van der Waals surface area contributed by atoms with E-state index >= 15 is 0 Å². The summed E-state index contributed by atoms with van der Waals surface area (Å²) in [4.78, 5) is 17.4. The van der Waals surface area contributed by atoms with Crippen molar-refractivity contribution in [3.05, 3.63) is 29.3 Å². The lowest BCUT2D eigenvalue weighted by Crippen LogP contribution is -2.52. The standard InChI is InChI=1S/C20H30ClN3O/c1-15(2)23-11-13-24(14-12-23)20(25)16-3-7-18(8-4-16)22-19-9-5-17(21)6-10-19/h5-6,9-10,15-16,18,22H,3-4,7-8,11-14H2,1-2H3/t16-,18-. The van der Waals surface area contributed by atoms with Crippen molar-refractivity contribution in [1.82, 2.24) is 9.80 Å². The highest BCUT2D eigenvalue weighted by Gasteiger charge is 2.31. The Hall–Kier alpha value is -1.26. The van der Waals surface area contributed by atoms with Crippen molar-refractivity contribution >= 4 is 23.2 Å². The predicted octanol–water partition coefficient (Wildman–Crippen LogP) is 3.86. The van der Waals surface area contributed by atoms with E-state index in [4.69, 9.17) is 11.6 Å². The number of halogens is 1. The summed E-state index contributed by atoms with van der Waals surface area (Å²) in [6.45, 7) is 8.26. The fraction of sp³-hybridized carbons (Fsp3) is 0.650. The molecule has 0 atom stereocenters. The van der Waals surface area contributed by atoms with Crippen molar-refractivity contribution < 1.29 is 4.79 Å². The third-order valence-corrected chi connectivity index (χ3v) is 5.90. The molecule has 3 rings (SSSR count). The average Bonchev–Trinajstić information content (AvgIpc) is 2.64. The maximum Gasteiger partial charge on any atom is 0.225 e. The molecule has 138 valence electrons. The number of benzene rings is 1. The molecule has 1 aromatic rings. The van der Waals surface area contributed by atoms with Crippen LogP contribution in [0.15, 0.2) is 24.3 Å². The van der Waals surface area contributed by atoms with Gasteiger partial charge in [0.15, 0.2) is 0 Å². The minimum Gasteiger partial charge on any atom is -0.382 e. The number of hydrogen-bond acceptors (Lipinski definition) is 3. The van der Waals surface area contributed by atoms with Crippen LogP contribution in [0, 0.1) is 5.92 Å². The second-order valence-corrected chi connectivity index (χ2v) is 8.09. The average molecular weight is 364 g/mol. The smallest absolute Gasteiger partial charge is 0.225 e. The molecule has 1 aliphatic carbocycles.